The average molecular weight is 504 g/mol. The van der Waals surface area contributed by atoms with E-state index in [9.17, 15) is 0 Å². The number of piperidine rings is 1. The zero-order chi connectivity index (χ0) is 20.9. The molecule has 2 aliphatic carbocycles. The summed E-state index contributed by atoms with van der Waals surface area (Å²) in [5.41, 5.74) is 2.20. The lowest BCUT2D eigenvalue weighted by Gasteiger charge is -2.42. The molecule has 2 aromatic rings. The van der Waals surface area contributed by atoms with Crippen LogP contribution >= 0.6 is 27.5 Å². The summed E-state index contributed by atoms with van der Waals surface area (Å²) in [4.78, 5) is 12.2. The highest BCUT2D eigenvalue weighted by atomic mass is 79.9. The third kappa shape index (κ3) is 3.93. The van der Waals surface area contributed by atoms with Crippen molar-refractivity contribution in [2.75, 3.05) is 18.4 Å². The molecule has 2 atom stereocenters. The Bertz CT molecular complexity index is 999. The van der Waals surface area contributed by atoms with Gasteiger partial charge in [0.1, 0.15) is 4.95 Å². The quantitative estimate of drug-likeness (QED) is 0.461. The number of rotatable bonds is 5. The highest BCUT2D eigenvalue weighted by Crippen LogP contribution is 2.38. The molecule has 1 aromatic heterocycles. The molecule has 6 nitrogen and oxygen atoms in total. The van der Waals surface area contributed by atoms with Gasteiger partial charge >= 0.3 is 0 Å². The van der Waals surface area contributed by atoms with E-state index < -0.39 is 0 Å². The van der Waals surface area contributed by atoms with Crippen LogP contribution in [0.15, 0.2) is 23.4 Å². The first-order valence-corrected chi connectivity index (χ1v) is 12.9. The Labute approximate surface area is 196 Å². The summed E-state index contributed by atoms with van der Waals surface area (Å²) in [7, 11) is 0. The van der Waals surface area contributed by atoms with Gasteiger partial charge in [-0.05, 0) is 75.2 Å². The second kappa shape index (κ2) is 8.16. The molecule has 2 unspecified atom stereocenters. The molecule has 0 spiro atoms. The maximum absolute atomic E-state index is 6.71. The molecule has 3 fully saturated rings. The Hall–Kier alpha value is -1.44. The Morgan fingerprint density at radius 3 is 2.55 bits per heavy atom. The number of benzene rings is 1. The summed E-state index contributed by atoms with van der Waals surface area (Å²) in [5, 5.41) is 12.0. The summed E-state index contributed by atoms with van der Waals surface area (Å²) in [6.45, 7) is 2.37. The molecule has 3 heterocycles. The first-order chi connectivity index (χ1) is 15.2. The van der Waals surface area contributed by atoms with Crippen LogP contribution < -0.4 is 5.32 Å². The number of hydrazone groups is 1. The van der Waals surface area contributed by atoms with E-state index in [-0.39, 0.29) is 11.0 Å². The van der Waals surface area contributed by atoms with Gasteiger partial charge in [-0.2, -0.15) is 5.10 Å². The first kappa shape index (κ1) is 20.2. The number of hydrogen-bond acceptors (Lipinski definition) is 6. The van der Waals surface area contributed by atoms with Crippen LogP contribution in [-0.2, 0) is 0 Å². The SMILES string of the molecule is Clc1cc2cnc(NC3C=NN(C4CC4)C3Br)nc2cc1C1CCN(C2CCC2)CC1. The van der Waals surface area contributed by atoms with Crippen LogP contribution in [0.3, 0.4) is 0 Å². The van der Waals surface area contributed by atoms with Gasteiger partial charge in [-0.15, -0.1) is 0 Å². The van der Waals surface area contributed by atoms with Gasteiger partial charge < -0.3 is 10.2 Å². The summed E-state index contributed by atoms with van der Waals surface area (Å²) in [6, 6.07) is 5.70. The third-order valence-electron chi connectivity index (χ3n) is 7.39. The number of likely N-dealkylation sites (tertiary alicyclic amines) is 1. The number of alkyl halides is 1. The zero-order valence-corrected chi connectivity index (χ0v) is 19.9. The fourth-order valence-corrected chi connectivity index (χ4v) is 6.15. The fourth-order valence-electron chi connectivity index (χ4n) is 5.12. The maximum Gasteiger partial charge on any atom is 0.223 e. The van der Waals surface area contributed by atoms with Gasteiger partial charge in [-0.3, -0.25) is 5.01 Å². The van der Waals surface area contributed by atoms with Gasteiger partial charge in [0.2, 0.25) is 5.95 Å². The lowest BCUT2D eigenvalue weighted by atomic mass is 9.85. The minimum absolute atomic E-state index is 0.0562. The predicted molar refractivity (Wildman–Crippen MR) is 129 cm³/mol. The van der Waals surface area contributed by atoms with Gasteiger partial charge in [0.15, 0.2) is 0 Å². The fraction of sp³-hybridized carbons (Fsp3) is 0.609. The molecule has 0 bridgehead atoms. The van der Waals surface area contributed by atoms with Crippen LogP contribution in [0.1, 0.15) is 56.4 Å². The van der Waals surface area contributed by atoms with Crippen molar-refractivity contribution in [1.82, 2.24) is 19.9 Å². The van der Waals surface area contributed by atoms with Gasteiger partial charge in [0.25, 0.3) is 0 Å². The monoisotopic (exact) mass is 502 g/mol. The molecule has 1 aromatic carbocycles. The minimum Gasteiger partial charge on any atom is -0.343 e. The average Bonchev–Trinajstić information content (AvgIpc) is 3.51. The van der Waals surface area contributed by atoms with Crippen molar-refractivity contribution >= 4 is 50.6 Å². The molecule has 0 amide bonds. The van der Waals surface area contributed by atoms with Crippen molar-refractivity contribution < 1.29 is 0 Å². The second-order valence-electron chi connectivity index (χ2n) is 9.44. The number of hydrogen-bond donors (Lipinski definition) is 1. The highest BCUT2D eigenvalue weighted by molar-refractivity contribution is 9.09. The molecule has 6 rings (SSSR count). The number of fused-ring (bicyclic) bond motifs is 1. The van der Waals surface area contributed by atoms with Crippen molar-refractivity contribution in [2.24, 2.45) is 5.10 Å². The molecule has 4 aliphatic rings. The van der Waals surface area contributed by atoms with Crippen LogP contribution in [0.4, 0.5) is 5.95 Å². The predicted octanol–water partition coefficient (Wildman–Crippen LogP) is 4.98. The summed E-state index contributed by atoms with van der Waals surface area (Å²) in [5.74, 6) is 1.15. The molecule has 1 saturated heterocycles. The van der Waals surface area contributed by atoms with Crippen LogP contribution in [0, 0.1) is 0 Å². The van der Waals surface area contributed by atoms with Gasteiger partial charge in [0, 0.05) is 28.7 Å². The topological polar surface area (TPSA) is 56.7 Å². The number of nitrogens with one attached hydrogen (secondary N) is 1. The Kier molecular flexibility index (Phi) is 5.31. The zero-order valence-electron chi connectivity index (χ0n) is 17.6. The highest BCUT2D eigenvalue weighted by Gasteiger charge is 2.39. The summed E-state index contributed by atoms with van der Waals surface area (Å²) in [6.07, 6.45) is 12.8. The smallest absolute Gasteiger partial charge is 0.223 e. The molecule has 1 N–H and O–H groups in total. The van der Waals surface area contributed by atoms with Gasteiger partial charge in [-0.1, -0.05) is 34.0 Å². The molecular formula is C23H28BrClN6. The van der Waals surface area contributed by atoms with Crippen LogP contribution in [0.2, 0.25) is 5.02 Å². The molecule has 2 saturated carbocycles. The van der Waals surface area contributed by atoms with E-state index in [0.29, 0.717) is 17.9 Å². The largest absolute Gasteiger partial charge is 0.343 e. The van der Waals surface area contributed by atoms with Crippen molar-refractivity contribution in [3.63, 3.8) is 0 Å². The minimum atomic E-state index is 0.0562. The lowest BCUT2D eigenvalue weighted by Crippen LogP contribution is -2.44. The van der Waals surface area contributed by atoms with E-state index in [1.54, 1.807) is 0 Å². The molecule has 0 radical (unpaired) electrons. The first-order valence-electron chi connectivity index (χ1n) is 11.6. The van der Waals surface area contributed by atoms with E-state index in [4.69, 9.17) is 16.6 Å². The Morgan fingerprint density at radius 2 is 1.84 bits per heavy atom. The molecule has 2 aliphatic heterocycles. The van der Waals surface area contributed by atoms with Crippen LogP contribution in [-0.4, -0.2) is 62.3 Å². The van der Waals surface area contributed by atoms with Crippen molar-refractivity contribution in [3.8, 4) is 0 Å². The summed E-state index contributed by atoms with van der Waals surface area (Å²) >= 11 is 10.5. The Balaban J connectivity index is 1.18. The van der Waals surface area contributed by atoms with Crippen molar-refractivity contribution in [3.05, 3.63) is 28.9 Å². The van der Waals surface area contributed by atoms with E-state index in [1.807, 2.05) is 18.5 Å². The number of anilines is 1. The van der Waals surface area contributed by atoms with Gasteiger partial charge in [-0.25, -0.2) is 9.97 Å². The third-order valence-corrected chi connectivity index (χ3v) is 8.70. The second-order valence-corrected chi connectivity index (χ2v) is 10.8. The number of aromatic nitrogens is 2. The summed E-state index contributed by atoms with van der Waals surface area (Å²) < 4.78 is 0. The normalized spacial score (nSPS) is 27.7. The van der Waals surface area contributed by atoms with Gasteiger partial charge in [0.05, 0.1) is 17.8 Å². The molecule has 31 heavy (non-hydrogen) atoms. The molecular weight excluding hydrogens is 476 g/mol. The van der Waals surface area contributed by atoms with Crippen molar-refractivity contribution in [1.29, 1.82) is 0 Å². The lowest BCUT2D eigenvalue weighted by molar-refractivity contribution is 0.0976. The standard InChI is InChI=1S/C23H28BrClN6/c24-22-21(13-27-31(22)17-4-5-17)29-23-26-12-15-10-19(25)18(11-20(15)28-23)14-6-8-30(9-7-14)16-2-1-3-16/h10-14,16-17,21-22H,1-9H2,(H,26,28,29). The Morgan fingerprint density at radius 1 is 1.03 bits per heavy atom. The van der Waals surface area contributed by atoms with Crippen LogP contribution in [0.5, 0.6) is 0 Å². The van der Waals surface area contributed by atoms with E-state index in [1.165, 1.54) is 63.6 Å². The maximum atomic E-state index is 6.71. The molecule has 8 heteroatoms. The van der Waals surface area contributed by atoms with E-state index in [0.717, 1.165) is 22.0 Å². The van der Waals surface area contributed by atoms with Crippen molar-refractivity contribution in [2.45, 2.75) is 73.9 Å². The van der Waals surface area contributed by atoms with Crippen LogP contribution in [0.25, 0.3) is 10.9 Å². The number of nitrogens with zero attached hydrogens (tertiary/aromatic N) is 5. The van der Waals surface area contributed by atoms with E-state index >= 15 is 0 Å². The molecule has 164 valence electrons. The number of halogens is 2. The van der Waals surface area contributed by atoms with E-state index in [2.05, 4.69) is 47.3 Å².